The smallest absolute Gasteiger partial charge is 0.187 e. The van der Waals surface area contributed by atoms with E-state index in [1.807, 2.05) is 0 Å². The van der Waals surface area contributed by atoms with Crippen LogP contribution in [0.4, 0.5) is 0 Å². The summed E-state index contributed by atoms with van der Waals surface area (Å²) in [6.07, 6.45) is -4.43. The number of hydrogen-bond acceptors (Lipinski definition) is 6. The van der Waals surface area contributed by atoms with Gasteiger partial charge in [0.1, 0.15) is 18.3 Å². The molecule has 7 heteroatoms. The fraction of sp³-hybridized carbons (Fsp3) is 0.778. The molecule has 0 spiro atoms. The Kier molecular flexibility index (Phi) is 4.08. The molecule has 0 aromatic heterocycles. The van der Waals surface area contributed by atoms with E-state index in [2.05, 4.69) is 6.58 Å². The second-order valence-electron chi connectivity index (χ2n) is 4.01. The lowest BCUT2D eigenvalue weighted by atomic mass is 10.1. The van der Waals surface area contributed by atoms with E-state index in [4.69, 9.17) is 9.84 Å². The van der Waals surface area contributed by atoms with Crippen LogP contribution in [0, 0.1) is 0 Å². The minimum absolute atomic E-state index is 0.321. The van der Waals surface area contributed by atoms with Gasteiger partial charge in [-0.15, -0.1) is 0 Å². The molecule has 0 unspecified atom stereocenters. The maximum Gasteiger partial charge on any atom is 0.187 e. The van der Waals surface area contributed by atoms with Gasteiger partial charge in [-0.05, 0) is 6.92 Å². The fourth-order valence-corrected chi connectivity index (χ4v) is 3.24. The van der Waals surface area contributed by atoms with Crippen molar-refractivity contribution < 1.29 is 28.5 Å². The summed E-state index contributed by atoms with van der Waals surface area (Å²) in [6.45, 7) is 4.68. The van der Waals surface area contributed by atoms with Crippen molar-refractivity contribution >= 4 is 9.84 Å². The first-order valence-corrected chi connectivity index (χ1v) is 6.49. The highest BCUT2D eigenvalue weighted by atomic mass is 32.2. The number of aliphatic hydroxyl groups excluding tert-OH is 3. The molecule has 0 radical (unpaired) electrons. The molecule has 94 valence electrons. The molecule has 6 nitrogen and oxygen atoms in total. The van der Waals surface area contributed by atoms with Gasteiger partial charge in [0.2, 0.25) is 0 Å². The first kappa shape index (κ1) is 13.6. The van der Waals surface area contributed by atoms with Crippen molar-refractivity contribution in [3.05, 3.63) is 12.2 Å². The molecule has 0 aromatic rings. The third kappa shape index (κ3) is 2.80. The van der Waals surface area contributed by atoms with Gasteiger partial charge in [-0.25, -0.2) is 8.42 Å². The summed E-state index contributed by atoms with van der Waals surface area (Å²) in [4.78, 5) is 0. The van der Waals surface area contributed by atoms with Crippen LogP contribution in [0.3, 0.4) is 0 Å². The summed E-state index contributed by atoms with van der Waals surface area (Å²) < 4.78 is 28.3. The number of hydrogen-bond donors (Lipinski definition) is 3. The predicted octanol–water partition coefficient (Wildman–Crippen LogP) is -1.58. The largest absolute Gasteiger partial charge is 0.388 e. The fourth-order valence-electron chi connectivity index (χ4n) is 1.52. The normalized spacial score (nSPS) is 36.0. The lowest BCUT2D eigenvalue weighted by Gasteiger charge is -2.34. The molecule has 1 heterocycles. The summed E-state index contributed by atoms with van der Waals surface area (Å²) >= 11 is 0. The van der Waals surface area contributed by atoms with Crippen molar-refractivity contribution in [1.29, 1.82) is 0 Å². The summed E-state index contributed by atoms with van der Waals surface area (Å²) in [5, 5.41) is 28.0. The Morgan fingerprint density at radius 1 is 1.38 bits per heavy atom. The van der Waals surface area contributed by atoms with Gasteiger partial charge in [0.15, 0.2) is 15.3 Å². The zero-order chi connectivity index (χ0) is 12.5. The zero-order valence-electron chi connectivity index (χ0n) is 8.91. The zero-order valence-corrected chi connectivity index (χ0v) is 9.72. The highest BCUT2D eigenvalue weighted by molar-refractivity contribution is 7.92. The van der Waals surface area contributed by atoms with E-state index in [0.29, 0.717) is 5.57 Å². The molecule has 16 heavy (non-hydrogen) atoms. The lowest BCUT2D eigenvalue weighted by Crippen LogP contribution is -2.55. The molecule has 3 N–H and O–H groups in total. The molecule has 1 aliphatic rings. The monoisotopic (exact) mass is 252 g/mol. The van der Waals surface area contributed by atoms with Crippen molar-refractivity contribution in [3.8, 4) is 0 Å². The average Bonchev–Trinajstić information content (AvgIpc) is 2.11. The maximum absolute atomic E-state index is 11.7. The molecule has 1 aliphatic heterocycles. The summed E-state index contributed by atoms with van der Waals surface area (Å²) in [6, 6.07) is 0. The van der Waals surface area contributed by atoms with Crippen molar-refractivity contribution in [3.63, 3.8) is 0 Å². The lowest BCUT2D eigenvalue weighted by molar-refractivity contribution is -0.163. The van der Waals surface area contributed by atoms with Crippen LogP contribution in [-0.4, -0.2) is 59.8 Å². The molecule has 0 aromatic carbocycles. The predicted molar refractivity (Wildman–Crippen MR) is 56.4 cm³/mol. The SMILES string of the molecule is C=C(C)CS(=O)(=O)[C@H]1OC[C@@H](O)[C@H](O)[C@@H]1O. The Morgan fingerprint density at radius 2 is 1.94 bits per heavy atom. The Labute approximate surface area is 94.1 Å². The highest BCUT2D eigenvalue weighted by Gasteiger charge is 2.44. The van der Waals surface area contributed by atoms with Gasteiger partial charge in [0.05, 0.1) is 12.4 Å². The first-order valence-electron chi connectivity index (χ1n) is 4.77. The van der Waals surface area contributed by atoms with Gasteiger partial charge in [0.25, 0.3) is 0 Å². The topological polar surface area (TPSA) is 104 Å². The number of rotatable bonds is 3. The second kappa shape index (κ2) is 4.80. The molecule has 0 saturated carbocycles. The molecule has 1 saturated heterocycles. The van der Waals surface area contributed by atoms with E-state index < -0.39 is 33.6 Å². The third-order valence-corrected chi connectivity index (χ3v) is 4.27. The number of aliphatic hydroxyl groups is 3. The summed E-state index contributed by atoms with van der Waals surface area (Å²) in [5.74, 6) is -0.322. The highest BCUT2D eigenvalue weighted by Crippen LogP contribution is 2.21. The standard InChI is InChI=1S/C9H16O6S/c1-5(2)4-16(13,14)9-8(12)7(11)6(10)3-15-9/h6-12H,1,3-4H2,2H3/t6-,7+,8+,9-/m1/s1. The van der Waals surface area contributed by atoms with Crippen LogP contribution in [0.5, 0.6) is 0 Å². The minimum Gasteiger partial charge on any atom is -0.388 e. The van der Waals surface area contributed by atoms with E-state index in [1.54, 1.807) is 0 Å². The van der Waals surface area contributed by atoms with Crippen LogP contribution in [0.2, 0.25) is 0 Å². The molecule has 0 bridgehead atoms. The van der Waals surface area contributed by atoms with E-state index in [0.717, 1.165) is 0 Å². The van der Waals surface area contributed by atoms with Crippen molar-refractivity contribution in [2.75, 3.05) is 12.4 Å². The summed E-state index contributed by atoms with van der Waals surface area (Å²) in [7, 11) is -3.73. The Hall–Kier alpha value is -0.470. The van der Waals surface area contributed by atoms with E-state index in [1.165, 1.54) is 6.92 Å². The Morgan fingerprint density at radius 3 is 2.44 bits per heavy atom. The van der Waals surface area contributed by atoms with Gasteiger partial charge in [0, 0.05) is 0 Å². The third-order valence-electron chi connectivity index (χ3n) is 2.26. The van der Waals surface area contributed by atoms with Gasteiger partial charge in [-0.3, -0.25) is 0 Å². The van der Waals surface area contributed by atoms with Crippen LogP contribution in [0.1, 0.15) is 6.92 Å². The van der Waals surface area contributed by atoms with E-state index in [9.17, 15) is 18.6 Å². The molecular weight excluding hydrogens is 236 g/mol. The Balaban J connectivity index is 2.85. The van der Waals surface area contributed by atoms with Crippen LogP contribution < -0.4 is 0 Å². The first-order chi connectivity index (χ1) is 7.25. The average molecular weight is 252 g/mol. The van der Waals surface area contributed by atoms with Crippen LogP contribution in [0.25, 0.3) is 0 Å². The van der Waals surface area contributed by atoms with Crippen LogP contribution >= 0.6 is 0 Å². The van der Waals surface area contributed by atoms with Crippen LogP contribution in [0.15, 0.2) is 12.2 Å². The van der Waals surface area contributed by atoms with Crippen molar-refractivity contribution in [2.24, 2.45) is 0 Å². The van der Waals surface area contributed by atoms with Gasteiger partial charge < -0.3 is 20.1 Å². The van der Waals surface area contributed by atoms with Crippen LogP contribution in [-0.2, 0) is 14.6 Å². The molecule has 1 fully saturated rings. The minimum atomic E-state index is -3.73. The van der Waals surface area contributed by atoms with Crippen molar-refractivity contribution in [1.82, 2.24) is 0 Å². The molecule has 4 atom stereocenters. The maximum atomic E-state index is 11.7. The molecule has 0 amide bonds. The second-order valence-corrected chi connectivity index (χ2v) is 6.09. The van der Waals surface area contributed by atoms with E-state index >= 15 is 0 Å². The van der Waals surface area contributed by atoms with E-state index in [-0.39, 0.29) is 12.4 Å². The molecule has 1 rings (SSSR count). The Bertz CT molecular complexity index is 362. The van der Waals surface area contributed by atoms with Gasteiger partial charge in [-0.1, -0.05) is 12.2 Å². The van der Waals surface area contributed by atoms with Gasteiger partial charge >= 0.3 is 0 Å². The quantitative estimate of drug-likeness (QED) is 0.523. The number of ether oxygens (including phenoxy) is 1. The van der Waals surface area contributed by atoms with Crippen molar-refractivity contribution in [2.45, 2.75) is 30.7 Å². The summed E-state index contributed by atoms with van der Waals surface area (Å²) in [5.41, 5.74) is -1.10. The van der Waals surface area contributed by atoms with Gasteiger partial charge in [-0.2, -0.15) is 0 Å². The molecule has 0 aliphatic carbocycles. The number of sulfone groups is 1. The molecular formula is C9H16O6S.